The average Bonchev–Trinajstić information content (AvgIpc) is 2.68. The number of halogens is 1. The molecule has 1 N–H and O–H groups in total. The predicted octanol–water partition coefficient (Wildman–Crippen LogP) is 6.22. The SMILES string of the molecule is CC(C)(CCCCOc1cc(-c2ccccc2)c2cc(Cl)ccc2n1)C(=O)O. The first kappa shape index (κ1) is 20.2. The Morgan fingerprint density at radius 2 is 1.86 bits per heavy atom. The number of rotatable bonds is 8. The number of carbonyl (C=O) groups is 1. The Morgan fingerprint density at radius 1 is 1.11 bits per heavy atom. The van der Waals surface area contributed by atoms with Crippen molar-refractivity contribution in [1.82, 2.24) is 4.98 Å². The van der Waals surface area contributed by atoms with Gasteiger partial charge in [0.2, 0.25) is 5.88 Å². The van der Waals surface area contributed by atoms with E-state index in [4.69, 9.17) is 16.3 Å². The number of pyridine rings is 1. The number of carboxylic acids is 1. The summed E-state index contributed by atoms with van der Waals surface area (Å²) in [5.41, 5.74) is 2.22. The Labute approximate surface area is 170 Å². The number of unbranched alkanes of at least 4 members (excludes halogenated alkanes) is 1. The van der Waals surface area contributed by atoms with E-state index in [0.717, 1.165) is 34.9 Å². The van der Waals surface area contributed by atoms with Gasteiger partial charge in [-0.05, 0) is 62.4 Å². The lowest BCUT2D eigenvalue weighted by Crippen LogP contribution is -2.23. The minimum Gasteiger partial charge on any atom is -0.481 e. The molecule has 0 saturated heterocycles. The lowest BCUT2D eigenvalue weighted by Gasteiger charge is -2.18. The Balaban J connectivity index is 1.75. The lowest BCUT2D eigenvalue weighted by atomic mass is 9.87. The van der Waals surface area contributed by atoms with Crippen molar-refractivity contribution in [1.29, 1.82) is 0 Å². The maximum atomic E-state index is 11.2. The van der Waals surface area contributed by atoms with Crippen LogP contribution in [0.5, 0.6) is 5.88 Å². The summed E-state index contributed by atoms with van der Waals surface area (Å²) >= 11 is 6.19. The number of ether oxygens (including phenoxy) is 1. The minimum atomic E-state index is -0.768. The molecule has 0 aliphatic rings. The zero-order chi connectivity index (χ0) is 20.1. The zero-order valence-corrected chi connectivity index (χ0v) is 16.9. The molecule has 0 aliphatic heterocycles. The van der Waals surface area contributed by atoms with E-state index in [-0.39, 0.29) is 0 Å². The van der Waals surface area contributed by atoms with Crippen molar-refractivity contribution in [3.05, 3.63) is 59.6 Å². The van der Waals surface area contributed by atoms with Gasteiger partial charge in [0.1, 0.15) is 0 Å². The molecule has 0 radical (unpaired) electrons. The van der Waals surface area contributed by atoms with Crippen LogP contribution < -0.4 is 4.74 Å². The Kier molecular flexibility index (Phi) is 6.20. The van der Waals surface area contributed by atoms with Gasteiger partial charge in [-0.25, -0.2) is 4.98 Å². The summed E-state index contributed by atoms with van der Waals surface area (Å²) in [6.45, 7) is 3.99. The Morgan fingerprint density at radius 3 is 2.57 bits per heavy atom. The molecule has 0 amide bonds. The molecule has 0 fully saturated rings. The fourth-order valence-corrected chi connectivity index (χ4v) is 3.23. The van der Waals surface area contributed by atoms with E-state index in [1.807, 2.05) is 54.6 Å². The molecule has 146 valence electrons. The van der Waals surface area contributed by atoms with Gasteiger partial charge in [0.05, 0.1) is 17.5 Å². The molecule has 0 spiro atoms. The summed E-state index contributed by atoms with van der Waals surface area (Å²) in [7, 11) is 0. The van der Waals surface area contributed by atoms with Crippen LogP contribution in [-0.2, 0) is 4.79 Å². The molecule has 0 saturated carbocycles. The number of aromatic nitrogens is 1. The second-order valence-corrected chi connectivity index (χ2v) is 7.97. The van der Waals surface area contributed by atoms with Crippen LogP contribution in [0.15, 0.2) is 54.6 Å². The van der Waals surface area contributed by atoms with Gasteiger partial charge in [0.15, 0.2) is 0 Å². The van der Waals surface area contributed by atoms with Gasteiger partial charge in [-0.1, -0.05) is 41.9 Å². The van der Waals surface area contributed by atoms with E-state index >= 15 is 0 Å². The van der Waals surface area contributed by atoms with Gasteiger partial charge in [-0.15, -0.1) is 0 Å². The summed E-state index contributed by atoms with van der Waals surface area (Å²) in [5, 5.41) is 10.8. The molecule has 3 rings (SSSR count). The highest BCUT2D eigenvalue weighted by Crippen LogP contribution is 2.32. The van der Waals surface area contributed by atoms with Crippen LogP contribution in [0.3, 0.4) is 0 Å². The summed E-state index contributed by atoms with van der Waals surface area (Å²) < 4.78 is 5.89. The third-order valence-corrected chi connectivity index (χ3v) is 5.09. The fourth-order valence-electron chi connectivity index (χ4n) is 3.06. The van der Waals surface area contributed by atoms with Gasteiger partial charge in [0.25, 0.3) is 0 Å². The monoisotopic (exact) mass is 397 g/mol. The van der Waals surface area contributed by atoms with Gasteiger partial charge in [-0.3, -0.25) is 4.79 Å². The number of carboxylic acid groups (broad SMARTS) is 1. The maximum Gasteiger partial charge on any atom is 0.309 e. The topological polar surface area (TPSA) is 59.4 Å². The van der Waals surface area contributed by atoms with E-state index in [1.54, 1.807) is 13.8 Å². The van der Waals surface area contributed by atoms with Crippen molar-refractivity contribution < 1.29 is 14.6 Å². The summed E-state index contributed by atoms with van der Waals surface area (Å²) in [4.78, 5) is 15.8. The second-order valence-electron chi connectivity index (χ2n) is 7.53. The lowest BCUT2D eigenvalue weighted by molar-refractivity contribution is -0.147. The third kappa shape index (κ3) is 4.82. The highest BCUT2D eigenvalue weighted by molar-refractivity contribution is 6.31. The van der Waals surface area contributed by atoms with Crippen LogP contribution in [0.4, 0.5) is 0 Å². The number of benzene rings is 2. The number of hydrogen-bond acceptors (Lipinski definition) is 3. The van der Waals surface area contributed by atoms with Crippen molar-refractivity contribution in [3.63, 3.8) is 0 Å². The number of fused-ring (bicyclic) bond motifs is 1. The standard InChI is InChI=1S/C23H24ClNO3/c1-23(2,22(26)27)12-6-7-13-28-21-15-18(16-8-4-3-5-9-16)19-14-17(24)10-11-20(19)25-21/h3-5,8-11,14-15H,6-7,12-13H2,1-2H3,(H,26,27). The molecule has 0 unspecified atom stereocenters. The van der Waals surface area contributed by atoms with Gasteiger partial charge >= 0.3 is 5.97 Å². The molecule has 3 aromatic rings. The molecular weight excluding hydrogens is 374 g/mol. The first-order chi connectivity index (χ1) is 13.4. The molecule has 1 aromatic heterocycles. The van der Waals surface area contributed by atoms with Crippen LogP contribution >= 0.6 is 11.6 Å². The number of nitrogens with zero attached hydrogens (tertiary/aromatic N) is 1. The van der Waals surface area contributed by atoms with Crippen molar-refractivity contribution in [3.8, 4) is 17.0 Å². The average molecular weight is 398 g/mol. The van der Waals surface area contributed by atoms with E-state index in [2.05, 4.69) is 4.98 Å². The van der Waals surface area contributed by atoms with E-state index in [9.17, 15) is 9.90 Å². The largest absolute Gasteiger partial charge is 0.481 e. The molecule has 28 heavy (non-hydrogen) atoms. The summed E-state index contributed by atoms with van der Waals surface area (Å²) in [6.07, 6.45) is 2.18. The van der Waals surface area contributed by atoms with Gasteiger partial charge < -0.3 is 9.84 Å². The fraction of sp³-hybridized carbons (Fsp3) is 0.304. The molecule has 2 aromatic carbocycles. The molecule has 4 nitrogen and oxygen atoms in total. The van der Waals surface area contributed by atoms with Crippen molar-refractivity contribution in [2.75, 3.05) is 6.61 Å². The summed E-state index contributed by atoms with van der Waals surface area (Å²) in [5.74, 6) is -0.207. The third-order valence-electron chi connectivity index (χ3n) is 4.86. The maximum absolute atomic E-state index is 11.2. The normalized spacial score (nSPS) is 11.5. The molecule has 0 bridgehead atoms. The second kappa shape index (κ2) is 8.61. The van der Waals surface area contributed by atoms with Crippen LogP contribution in [0.2, 0.25) is 5.02 Å². The first-order valence-electron chi connectivity index (χ1n) is 9.39. The molecule has 0 aliphatic carbocycles. The number of aliphatic carboxylic acids is 1. The summed E-state index contributed by atoms with van der Waals surface area (Å²) in [6, 6.07) is 17.7. The molecule has 0 atom stereocenters. The van der Waals surface area contributed by atoms with Crippen LogP contribution in [0.1, 0.15) is 33.1 Å². The quantitative estimate of drug-likeness (QED) is 0.458. The Bertz CT molecular complexity index is 970. The highest BCUT2D eigenvalue weighted by atomic mass is 35.5. The Hall–Kier alpha value is -2.59. The zero-order valence-electron chi connectivity index (χ0n) is 16.1. The molecule has 1 heterocycles. The van der Waals surface area contributed by atoms with Crippen LogP contribution in [0.25, 0.3) is 22.0 Å². The van der Waals surface area contributed by atoms with Crippen LogP contribution in [0, 0.1) is 5.41 Å². The van der Waals surface area contributed by atoms with Crippen molar-refractivity contribution in [2.24, 2.45) is 5.41 Å². The number of hydrogen-bond donors (Lipinski definition) is 1. The van der Waals surface area contributed by atoms with E-state index in [1.165, 1.54) is 0 Å². The van der Waals surface area contributed by atoms with Crippen molar-refractivity contribution >= 4 is 28.5 Å². The molecular formula is C23H24ClNO3. The molecule has 5 heteroatoms. The van der Waals surface area contributed by atoms with E-state index < -0.39 is 11.4 Å². The highest BCUT2D eigenvalue weighted by Gasteiger charge is 2.26. The van der Waals surface area contributed by atoms with Gasteiger partial charge in [-0.2, -0.15) is 0 Å². The smallest absolute Gasteiger partial charge is 0.309 e. The van der Waals surface area contributed by atoms with Gasteiger partial charge in [0, 0.05) is 16.5 Å². The van der Waals surface area contributed by atoms with E-state index in [0.29, 0.717) is 23.9 Å². The van der Waals surface area contributed by atoms with Crippen molar-refractivity contribution in [2.45, 2.75) is 33.1 Å². The minimum absolute atomic E-state index is 0.496. The predicted molar refractivity (Wildman–Crippen MR) is 113 cm³/mol. The first-order valence-corrected chi connectivity index (χ1v) is 9.76. The van der Waals surface area contributed by atoms with Crippen LogP contribution in [-0.4, -0.2) is 22.7 Å².